The van der Waals surface area contributed by atoms with Crippen LogP contribution in [0.15, 0.2) is 81.8 Å². The van der Waals surface area contributed by atoms with Crippen molar-refractivity contribution in [2.24, 2.45) is 0 Å². The first-order valence-corrected chi connectivity index (χ1v) is 26.4. The van der Waals surface area contributed by atoms with Crippen LogP contribution < -0.4 is 29.9 Å². The van der Waals surface area contributed by atoms with Gasteiger partial charge >= 0.3 is 6.01 Å². The molecular weight excluding hydrogens is 1130 g/mol. The maximum atomic E-state index is 12.6. The van der Waals surface area contributed by atoms with Gasteiger partial charge in [-0.25, -0.2) is 0 Å². The van der Waals surface area contributed by atoms with E-state index in [1.807, 2.05) is 48.5 Å². The number of fused-ring (bicyclic) bond motifs is 3. The zero-order valence-electron chi connectivity index (χ0n) is 37.8. The molecule has 0 saturated carbocycles. The molecule has 1 unspecified atom stereocenters. The second kappa shape index (κ2) is 23.2. The van der Waals surface area contributed by atoms with Gasteiger partial charge in [-0.1, -0.05) is 41.9 Å². The molecular formula is C51H54Br2ClIN8O5. The summed E-state index contributed by atoms with van der Waals surface area (Å²) < 4.78 is 27.1. The smallest absolute Gasteiger partial charge is 0.318 e. The highest BCUT2D eigenvalue weighted by molar-refractivity contribution is 14.1. The van der Waals surface area contributed by atoms with Crippen molar-refractivity contribution in [3.63, 3.8) is 0 Å². The molecule has 5 heterocycles. The molecule has 4 aliphatic rings. The van der Waals surface area contributed by atoms with Gasteiger partial charge in [0, 0.05) is 88.4 Å². The van der Waals surface area contributed by atoms with E-state index in [1.165, 1.54) is 0 Å². The second-order valence-electron chi connectivity index (χ2n) is 17.4. The molecule has 2 fully saturated rings. The number of benzene rings is 4. The Hall–Kier alpha value is -4.06. The highest BCUT2D eigenvalue weighted by Gasteiger charge is 2.31. The molecule has 0 spiro atoms. The van der Waals surface area contributed by atoms with E-state index < -0.39 is 0 Å². The third-order valence-corrected chi connectivity index (χ3v) is 15.1. The minimum atomic E-state index is -0.0755. The third-order valence-electron chi connectivity index (χ3n) is 12.9. The fraction of sp³-hybridized carbons (Fsp3) is 0.412. The number of allylic oxidation sites excluding steroid dienone is 1. The molecule has 1 aromatic heterocycles. The summed E-state index contributed by atoms with van der Waals surface area (Å²) in [6.07, 6.45) is 6.91. The van der Waals surface area contributed by atoms with E-state index in [1.54, 1.807) is 0 Å². The lowest BCUT2D eigenvalue weighted by atomic mass is 10.0. The van der Waals surface area contributed by atoms with Crippen molar-refractivity contribution in [2.75, 3.05) is 94.0 Å². The van der Waals surface area contributed by atoms with Gasteiger partial charge in [0.15, 0.2) is 0 Å². The first-order valence-electron chi connectivity index (χ1n) is 23.3. The number of carbonyl (C=O) groups excluding carboxylic acids is 1. The van der Waals surface area contributed by atoms with E-state index >= 15 is 0 Å². The van der Waals surface area contributed by atoms with Crippen molar-refractivity contribution in [3.05, 3.63) is 113 Å². The minimum Gasteiger partial charge on any atom is -0.489 e. The average molecular weight is 1180 g/mol. The molecule has 4 aromatic carbocycles. The lowest BCUT2D eigenvalue weighted by Gasteiger charge is -2.37. The van der Waals surface area contributed by atoms with Crippen LogP contribution in [0.1, 0.15) is 48.1 Å². The number of nitriles is 1. The Balaban J connectivity index is 0.720. The number of anilines is 3. The van der Waals surface area contributed by atoms with Gasteiger partial charge in [-0.15, -0.1) is 0 Å². The topological polar surface area (TPSA) is 137 Å². The van der Waals surface area contributed by atoms with Gasteiger partial charge in [0.1, 0.15) is 24.8 Å². The zero-order valence-corrected chi connectivity index (χ0v) is 43.8. The summed E-state index contributed by atoms with van der Waals surface area (Å²) in [4.78, 5) is 30.0. The van der Waals surface area contributed by atoms with Gasteiger partial charge < -0.3 is 39.4 Å². The van der Waals surface area contributed by atoms with E-state index in [4.69, 9.17) is 40.5 Å². The first-order chi connectivity index (χ1) is 33.2. The molecule has 1 amide bonds. The van der Waals surface area contributed by atoms with Crippen LogP contribution in [-0.4, -0.2) is 112 Å². The number of nitrogens with zero attached hydrogens (tertiary/aromatic N) is 6. The molecule has 4 aliphatic heterocycles. The second-order valence-corrected chi connectivity index (χ2v) is 20.8. The van der Waals surface area contributed by atoms with Crippen LogP contribution in [0.4, 0.5) is 17.2 Å². The minimum absolute atomic E-state index is 0.0755. The molecule has 0 aliphatic carbocycles. The van der Waals surface area contributed by atoms with E-state index in [2.05, 4.69) is 110 Å². The summed E-state index contributed by atoms with van der Waals surface area (Å²) in [5.41, 5.74) is 6.76. The average Bonchev–Trinajstić information content (AvgIpc) is 3.92. The van der Waals surface area contributed by atoms with E-state index in [9.17, 15) is 10.1 Å². The Morgan fingerprint density at radius 3 is 2.59 bits per heavy atom. The SMILES string of the molecule is N#CC[C@H]1CN(c2nc(OCC3CCCN3CCCOCCOCCOc3c(Br)cc(C/C=C4\C(=O)Nc5ccc(I)cc54)cc3Br)nc3c2CCN(c2cccc4cccc(Cl)c24)C3)CCN1. The molecule has 2 atom stereocenters. The van der Waals surface area contributed by atoms with Gasteiger partial charge in [-0.2, -0.15) is 15.2 Å². The Kier molecular flexibility index (Phi) is 16.7. The number of nitrogens with one attached hydrogen (secondary N) is 2. The van der Waals surface area contributed by atoms with Crippen LogP contribution in [0.3, 0.4) is 0 Å². The van der Waals surface area contributed by atoms with Gasteiger partial charge in [0.05, 0.1) is 58.5 Å². The molecule has 5 aromatic rings. The zero-order chi connectivity index (χ0) is 47.0. The molecule has 2 saturated heterocycles. The number of hydrogen-bond donors (Lipinski definition) is 2. The lowest BCUT2D eigenvalue weighted by Crippen LogP contribution is -2.51. The number of carbonyl (C=O) groups is 1. The quantitative estimate of drug-likeness (QED) is 0.0463. The van der Waals surface area contributed by atoms with Crippen LogP contribution in [-0.2, 0) is 33.7 Å². The summed E-state index contributed by atoms with van der Waals surface area (Å²) in [6, 6.07) is 25.5. The van der Waals surface area contributed by atoms with Gasteiger partial charge in [-0.05, 0) is 147 Å². The molecule has 2 N–H and O–H groups in total. The van der Waals surface area contributed by atoms with Crippen LogP contribution in [0.5, 0.6) is 11.8 Å². The molecule has 0 bridgehead atoms. The van der Waals surface area contributed by atoms with Crippen molar-refractivity contribution in [1.29, 1.82) is 5.26 Å². The Morgan fingerprint density at radius 2 is 1.75 bits per heavy atom. The number of rotatable bonds is 19. The maximum Gasteiger partial charge on any atom is 0.318 e. The summed E-state index contributed by atoms with van der Waals surface area (Å²) in [5.74, 6) is 1.56. The first kappa shape index (κ1) is 48.9. The van der Waals surface area contributed by atoms with Crippen molar-refractivity contribution in [2.45, 2.75) is 57.2 Å². The number of hydrogen-bond acceptors (Lipinski definition) is 12. The van der Waals surface area contributed by atoms with E-state index in [0.717, 1.165) is 126 Å². The molecule has 0 radical (unpaired) electrons. The Bertz CT molecular complexity index is 2680. The number of amides is 1. The number of piperazine rings is 1. The maximum absolute atomic E-state index is 12.6. The predicted octanol–water partition coefficient (Wildman–Crippen LogP) is 9.59. The highest BCUT2D eigenvalue weighted by Crippen LogP contribution is 2.39. The standard InChI is InChI=1S/C51H54Br2ClIN8O5/c52-41-27-33(10-12-38-40-29-35(55)11-13-44(40)58-50(38)64)28-42(53)48(41)67-26-25-66-24-23-65-22-4-19-61-18-3-7-37(61)32-68-51-59-45-31-62(46-9-2-6-34-5-1-8-43(54)47(34)46)20-15-39(45)49(60-51)63-21-17-57-36(30-63)14-16-56/h1-2,5-6,8-9,11-13,27-29,36-37,57H,3-4,7,10,14-15,17-26,30-32H2,(H,58,64)/b38-12-/t36-,37?/m0/s1. The summed E-state index contributed by atoms with van der Waals surface area (Å²) in [6.45, 7) is 8.68. The van der Waals surface area contributed by atoms with Gasteiger partial charge in [0.25, 0.3) is 5.91 Å². The molecule has 356 valence electrons. The van der Waals surface area contributed by atoms with Crippen LogP contribution in [0, 0.1) is 14.9 Å². The fourth-order valence-corrected chi connectivity index (χ4v) is 11.9. The van der Waals surface area contributed by atoms with Crippen LogP contribution in [0.2, 0.25) is 5.02 Å². The Labute approximate surface area is 433 Å². The predicted molar refractivity (Wildman–Crippen MR) is 283 cm³/mol. The number of ether oxygens (including phenoxy) is 4. The van der Waals surface area contributed by atoms with Crippen LogP contribution >= 0.6 is 66.1 Å². The molecule has 9 rings (SSSR count). The molecule has 13 nitrogen and oxygen atoms in total. The fourth-order valence-electron chi connectivity index (χ4n) is 9.62. The van der Waals surface area contributed by atoms with Crippen molar-refractivity contribution in [3.8, 4) is 17.8 Å². The summed E-state index contributed by atoms with van der Waals surface area (Å²) >= 11 is 16.4. The van der Waals surface area contributed by atoms with E-state index in [-0.39, 0.29) is 18.0 Å². The summed E-state index contributed by atoms with van der Waals surface area (Å²) in [7, 11) is 0. The Morgan fingerprint density at radius 1 is 0.941 bits per heavy atom. The number of aromatic nitrogens is 2. The monoisotopic (exact) mass is 1180 g/mol. The molecule has 68 heavy (non-hydrogen) atoms. The number of likely N-dealkylation sites (tertiary alicyclic amines) is 1. The number of halogens is 4. The lowest BCUT2D eigenvalue weighted by molar-refractivity contribution is -0.110. The van der Waals surface area contributed by atoms with Crippen molar-refractivity contribution < 1.29 is 23.7 Å². The van der Waals surface area contributed by atoms with Crippen molar-refractivity contribution >= 4 is 105 Å². The van der Waals surface area contributed by atoms with Gasteiger partial charge in [-0.3, -0.25) is 9.69 Å². The highest BCUT2D eigenvalue weighted by atomic mass is 127. The third kappa shape index (κ3) is 11.7. The van der Waals surface area contributed by atoms with Crippen molar-refractivity contribution in [1.82, 2.24) is 20.2 Å². The van der Waals surface area contributed by atoms with Gasteiger partial charge in [0.2, 0.25) is 0 Å². The largest absolute Gasteiger partial charge is 0.489 e. The summed E-state index contributed by atoms with van der Waals surface area (Å²) in [5, 5.41) is 18.8. The molecule has 17 heteroatoms. The normalized spacial score (nSPS) is 18.8. The van der Waals surface area contributed by atoms with Crippen LogP contribution in [0.25, 0.3) is 16.3 Å². The van der Waals surface area contributed by atoms with E-state index in [0.29, 0.717) is 82.9 Å².